The number of aryl methyl sites for hydroxylation is 2. The van der Waals surface area contributed by atoms with Crippen molar-refractivity contribution in [2.24, 2.45) is 0 Å². The molecular weight excluding hydrogens is 410 g/mol. The number of nitrogens with zero attached hydrogens (tertiary/aromatic N) is 1. The van der Waals surface area contributed by atoms with Gasteiger partial charge < -0.3 is 23.8 Å². The van der Waals surface area contributed by atoms with Crippen molar-refractivity contribution < 1.29 is 28.5 Å². The summed E-state index contributed by atoms with van der Waals surface area (Å²) in [5.74, 6) is 2.05. The third-order valence-corrected chi connectivity index (χ3v) is 6.31. The number of hydrogen-bond donors (Lipinski definition) is 0. The zero-order valence-corrected chi connectivity index (χ0v) is 19.0. The fourth-order valence-corrected chi connectivity index (χ4v) is 4.49. The Morgan fingerprint density at radius 2 is 1.78 bits per heavy atom. The van der Waals surface area contributed by atoms with Gasteiger partial charge in [-0.2, -0.15) is 0 Å². The molecule has 1 amide bonds. The SMILES string of the molecule is COc1ccc2c(c1OC)OC1(CCN(C(=O)COc3ccc(C)cc3C)CC1)CC2=O. The summed E-state index contributed by atoms with van der Waals surface area (Å²) in [4.78, 5) is 27.4. The van der Waals surface area contributed by atoms with Crippen molar-refractivity contribution in [2.75, 3.05) is 33.9 Å². The lowest BCUT2D eigenvalue weighted by Gasteiger charge is -2.44. The number of ketones is 1. The number of Topliss-reactive ketones (excluding diaryl/α,β-unsaturated/α-hetero) is 1. The van der Waals surface area contributed by atoms with Gasteiger partial charge in [0.15, 0.2) is 23.9 Å². The highest BCUT2D eigenvalue weighted by Gasteiger charge is 2.45. The second-order valence-corrected chi connectivity index (χ2v) is 8.50. The number of rotatable bonds is 5. The number of methoxy groups -OCH3 is 2. The number of benzene rings is 2. The summed E-state index contributed by atoms with van der Waals surface area (Å²) < 4.78 is 23.0. The summed E-state index contributed by atoms with van der Waals surface area (Å²) in [7, 11) is 3.08. The molecule has 32 heavy (non-hydrogen) atoms. The van der Waals surface area contributed by atoms with Crippen LogP contribution in [0.1, 0.15) is 40.7 Å². The van der Waals surface area contributed by atoms with Gasteiger partial charge in [0, 0.05) is 25.9 Å². The molecule has 2 aliphatic heterocycles. The van der Waals surface area contributed by atoms with Crippen LogP contribution in [0.25, 0.3) is 0 Å². The van der Waals surface area contributed by atoms with Crippen LogP contribution in [0.3, 0.4) is 0 Å². The number of carbonyl (C=O) groups is 2. The van der Waals surface area contributed by atoms with Crippen molar-refractivity contribution in [3.63, 3.8) is 0 Å². The van der Waals surface area contributed by atoms with Gasteiger partial charge in [0.2, 0.25) is 5.75 Å². The molecule has 0 unspecified atom stereocenters. The molecule has 0 radical (unpaired) electrons. The van der Waals surface area contributed by atoms with Crippen LogP contribution in [0.5, 0.6) is 23.0 Å². The van der Waals surface area contributed by atoms with Crippen molar-refractivity contribution in [1.82, 2.24) is 4.90 Å². The quantitative estimate of drug-likeness (QED) is 0.707. The molecule has 170 valence electrons. The minimum Gasteiger partial charge on any atom is -0.493 e. The highest BCUT2D eigenvalue weighted by molar-refractivity contribution is 6.01. The molecule has 1 spiro atoms. The van der Waals surface area contributed by atoms with E-state index in [9.17, 15) is 9.59 Å². The summed E-state index contributed by atoms with van der Waals surface area (Å²) in [6, 6.07) is 9.33. The minimum absolute atomic E-state index is 0.00938. The average molecular weight is 440 g/mol. The molecule has 0 saturated carbocycles. The summed E-state index contributed by atoms with van der Waals surface area (Å²) in [5.41, 5.74) is 2.02. The number of piperidine rings is 1. The second-order valence-electron chi connectivity index (χ2n) is 8.50. The highest BCUT2D eigenvalue weighted by Crippen LogP contribution is 2.47. The van der Waals surface area contributed by atoms with Crippen molar-refractivity contribution in [1.29, 1.82) is 0 Å². The van der Waals surface area contributed by atoms with E-state index in [1.165, 1.54) is 7.11 Å². The number of amides is 1. The normalized spacial score (nSPS) is 16.9. The molecule has 0 bridgehead atoms. The Bertz CT molecular complexity index is 1040. The van der Waals surface area contributed by atoms with Crippen LogP contribution in [-0.4, -0.2) is 56.1 Å². The van der Waals surface area contributed by atoms with E-state index in [-0.39, 0.29) is 24.7 Å². The smallest absolute Gasteiger partial charge is 0.260 e. The van der Waals surface area contributed by atoms with Gasteiger partial charge in [0.1, 0.15) is 11.4 Å². The van der Waals surface area contributed by atoms with Crippen LogP contribution in [0.15, 0.2) is 30.3 Å². The number of hydrogen-bond acceptors (Lipinski definition) is 6. The van der Waals surface area contributed by atoms with Crippen molar-refractivity contribution in [3.05, 3.63) is 47.0 Å². The third-order valence-electron chi connectivity index (χ3n) is 6.31. The van der Waals surface area contributed by atoms with Gasteiger partial charge in [-0.3, -0.25) is 9.59 Å². The van der Waals surface area contributed by atoms with E-state index in [0.717, 1.165) is 16.9 Å². The van der Waals surface area contributed by atoms with Crippen LogP contribution in [-0.2, 0) is 4.79 Å². The first-order chi connectivity index (χ1) is 15.4. The van der Waals surface area contributed by atoms with E-state index in [0.29, 0.717) is 48.7 Å². The van der Waals surface area contributed by atoms with Crippen molar-refractivity contribution in [2.45, 2.75) is 38.7 Å². The Balaban J connectivity index is 1.42. The highest BCUT2D eigenvalue weighted by atomic mass is 16.5. The van der Waals surface area contributed by atoms with Gasteiger partial charge in [-0.25, -0.2) is 0 Å². The van der Waals surface area contributed by atoms with Crippen LogP contribution in [0, 0.1) is 13.8 Å². The monoisotopic (exact) mass is 439 g/mol. The molecule has 0 atom stereocenters. The van der Waals surface area contributed by atoms with Crippen molar-refractivity contribution >= 4 is 11.7 Å². The standard InChI is InChI=1S/C25H29NO6/c1-16-5-7-20(17(2)13-16)31-15-22(28)26-11-9-25(10-12-26)14-19(27)18-6-8-21(29-3)24(30-4)23(18)32-25/h5-8,13H,9-12,14-15H2,1-4H3. The maximum absolute atomic E-state index is 12.9. The first-order valence-electron chi connectivity index (χ1n) is 10.8. The van der Waals surface area contributed by atoms with Gasteiger partial charge in [-0.15, -0.1) is 0 Å². The molecule has 2 heterocycles. The van der Waals surface area contributed by atoms with E-state index in [1.54, 1.807) is 24.1 Å². The Morgan fingerprint density at radius 1 is 1.06 bits per heavy atom. The molecule has 7 nitrogen and oxygen atoms in total. The van der Waals surface area contributed by atoms with Crippen LogP contribution < -0.4 is 18.9 Å². The molecule has 2 aromatic carbocycles. The molecule has 0 N–H and O–H groups in total. The number of ether oxygens (including phenoxy) is 4. The number of fused-ring (bicyclic) bond motifs is 1. The van der Waals surface area contributed by atoms with Gasteiger partial charge >= 0.3 is 0 Å². The Hall–Kier alpha value is -3.22. The van der Waals surface area contributed by atoms with Crippen molar-refractivity contribution in [3.8, 4) is 23.0 Å². The maximum atomic E-state index is 12.9. The molecule has 0 aliphatic carbocycles. The van der Waals surface area contributed by atoms with Crippen LogP contribution in [0.4, 0.5) is 0 Å². The van der Waals surface area contributed by atoms with E-state index < -0.39 is 5.60 Å². The lowest BCUT2D eigenvalue weighted by molar-refractivity contribution is -0.137. The maximum Gasteiger partial charge on any atom is 0.260 e. The molecule has 2 aliphatic rings. The second kappa shape index (κ2) is 8.73. The zero-order chi connectivity index (χ0) is 22.9. The molecular formula is C25H29NO6. The topological polar surface area (TPSA) is 74.3 Å². The van der Waals surface area contributed by atoms with E-state index in [1.807, 2.05) is 32.0 Å². The minimum atomic E-state index is -0.644. The Labute approximate surface area is 188 Å². The Kier molecular flexibility index (Phi) is 6.00. The molecule has 2 aromatic rings. The molecule has 1 fully saturated rings. The molecule has 1 saturated heterocycles. The van der Waals surface area contributed by atoms with Gasteiger partial charge in [0.05, 0.1) is 26.2 Å². The molecule has 7 heteroatoms. The largest absolute Gasteiger partial charge is 0.493 e. The first kappa shape index (κ1) is 22.0. The average Bonchev–Trinajstić information content (AvgIpc) is 2.78. The van der Waals surface area contributed by atoms with Crippen LogP contribution in [0.2, 0.25) is 0 Å². The first-order valence-corrected chi connectivity index (χ1v) is 10.8. The number of carbonyl (C=O) groups excluding carboxylic acids is 2. The van der Waals surface area contributed by atoms with E-state index >= 15 is 0 Å². The predicted molar refractivity (Wildman–Crippen MR) is 119 cm³/mol. The summed E-state index contributed by atoms with van der Waals surface area (Å²) in [5, 5.41) is 0. The number of likely N-dealkylation sites (tertiary alicyclic amines) is 1. The van der Waals surface area contributed by atoms with Gasteiger partial charge in [-0.05, 0) is 37.6 Å². The lowest BCUT2D eigenvalue weighted by Crippen LogP contribution is -2.53. The van der Waals surface area contributed by atoms with Gasteiger partial charge in [-0.1, -0.05) is 17.7 Å². The lowest BCUT2D eigenvalue weighted by atomic mass is 9.82. The van der Waals surface area contributed by atoms with Crippen LogP contribution >= 0.6 is 0 Å². The third kappa shape index (κ3) is 4.11. The van der Waals surface area contributed by atoms with E-state index in [2.05, 4.69) is 0 Å². The predicted octanol–water partition coefficient (Wildman–Crippen LogP) is 3.73. The molecule has 0 aromatic heterocycles. The van der Waals surface area contributed by atoms with Gasteiger partial charge in [0.25, 0.3) is 5.91 Å². The Morgan fingerprint density at radius 3 is 2.44 bits per heavy atom. The van der Waals surface area contributed by atoms with E-state index in [4.69, 9.17) is 18.9 Å². The summed E-state index contributed by atoms with van der Waals surface area (Å²) in [6.45, 7) is 4.99. The summed E-state index contributed by atoms with van der Waals surface area (Å²) in [6.07, 6.45) is 1.41. The fourth-order valence-electron chi connectivity index (χ4n) is 4.49. The summed E-state index contributed by atoms with van der Waals surface area (Å²) >= 11 is 0. The fraction of sp³-hybridized carbons (Fsp3) is 0.440. The zero-order valence-electron chi connectivity index (χ0n) is 19.0. The molecule has 4 rings (SSSR count).